The minimum atomic E-state index is -2.41. The Kier molecular flexibility index (Phi) is 11.9. The molecule has 0 unspecified atom stereocenters. The summed E-state index contributed by atoms with van der Waals surface area (Å²) in [6.07, 6.45) is 12.8. The van der Waals surface area contributed by atoms with Gasteiger partial charge in [0.1, 0.15) is 0 Å². The van der Waals surface area contributed by atoms with Gasteiger partial charge in [0.15, 0.2) is 0 Å². The van der Waals surface area contributed by atoms with E-state index in [2.05, 4.69) is 63.3 Å². The van der Waals surface area contributed by atoms with Crippen molar-refractivity contribution < 1.29 is 0 Å². The van der Waals surface area contributed by atoms with Gasteiger partial charge in [-0.1, -0.05) is 0 Å². The molecule has 0 N–H and O–H groups in total. The van der Waals surface area contributed by atoms with Crippen molar-refractivity contribution in [2.24, 2.45) is 0 Å². The third-order valence-electron chi connectivity index (χ3n) is 5.00. The molecule has 2 heteroatoms. The molecule has 0 atom stereocenters. The molecule has 0 amide bonds. The number of hydrogen-bond acceptors (Lipinski definition) is 0. The summed E-state index contributed by atoms with van der Waals surface area (Å²) in [5, 5.41) is 0. The van der Waals surface area contributed by atoms with Gasteiger partial charge in [-0.25, -0.2) is 0 Å². The molecule has 0 spiro atoms. The predicted octanol–water partition coefficient (Wildman–Crippen LogP) is 8.21. The Bertz CT molecular complexity index is 468. The summed E-state index contributed by atoms with van der Waals surface area (Å²) >= 11 is 3.68. The van der Waals surface area contributed by atoms with Gasteiger partial charge in [0.05, 0.1) is 0 Å². The van der Waals surface area contributed by atoms with Gasteiger partial charge in [-0.2, -0.15) is 0 Å². The molecule has 0 saturated carbocycles. The van der Waals surface area contributed by atoms with Crippen molar-refractivity contribution in [1.29, 1.82) is 0 Å². The first kappa shape index (κ1) is 21.8. The molecular formula is C22H35ClSn. The second kappa shape index (κ2) is 13.1. The fraction of sp³-hybridized carbons (Fsp3) is 0.545. The van der Waals surface area contributed by atoms with E-state index in [1.54, 1.807) is 9.12 Å². The van der Waals surface area contributed by atoms with E-state index in [4.69, 9.17) is 11.6 Å². The van der Waals surface area contributed by atoms with E-state index in [1.165, 1.54) is 57.4 Å². The van der Waals surface area contributed by atoms with Crippen LogP contribution in [0.15, 0.2) is 45.5 Å². The number of allylic oxidation sites excluding steroid dienone is 2. The standard InChI is InChI=1S/C10H8Cl.3C4H9.Sn/c11-9-5-4-8-10-6-2-1-3-7-10;3*1-3-4-2;/h1-3,5-9H;3*1,3-4H2,2H3;/b8-4?,9-5-;;;;. The zero-order valence-electron chi connectivity index (χ0n) is 15.9. The predicted molar refractivity (Wildman–Crippen MR) is 114 cm³/mol. The first-order valence-corrected chi connectivity index (χ1v) is 17.7. The molecule has 0 bridgehead atoms. The molecule has 0 aliphatic heterocycles. The van der Waals surface area contributed by atoms with Crippen LogP contribution in [-0.2, 0) is 0 Å². The van der Waals surface area contributed by atoms with Crippen LogP contribution in [0.2, 0.25) is 13.3 Å². The van der Waals surface area contributed by atoms with Crippen LogP contribution in [0.25, 0.3) is 6.08 Å². The number of rotatable bonds is 12. The van der Waals surface area contributed by atoms with Crippen LogP contribution in [0.1, 0.15) is 64.9 Å². The van der Waals surface area contributed by atoms with E-state index >= 15 is 0 Å². The Labute approximate surface area is 159 Å². The summed E-state index contributed by atoms with van der Waals surface area (Å²) in [4.78, 5) is 0. The normalized spacial score (nSPS) is 12.9. The molecule has 134 valence electrons. The number of unbranched alkanes of at least 4 members (excludes halogenated alkanes) is 3. The summed E-state index contributed by atoms with van der Waals surface area (Å²) in [6.45, 7) is 6.98. The Hall–Kier alpha value is -0.211. The summed E-state index contributed by atoms with van der Waals surface area (Å²) in [7, 11) is 0. The second-order valence-electron chi connectivity index (χ2n) is 6.89. The molecule has 0 saturated heterocycles. The molecule has 0 aromatic heterocycles. The molecule has 0 aliphatic carbocycles. The molecule has 1 rings (SSSR count). The third-order valence-corrected chi connectivity index (χ3v) is 20.7. The SMILES string of the molecule is CCC[CH2][Sn]([CH2]CCC)([CH2]CCC)[C](/C=C\Cl)=C/c1ccccc1. The second-order valence-corrected chi connectivity index (χ2v) is 20.4. The van der Waals surface area contributed by atoms with Gasteiger partial charge in [0, 0.05) is 0 Å². The van der Waals surface area contributed by atoms with Crippen molar-refractivity contribution in [3.05, 3.63) is 51.1 Å². The summed E-state index contributed by atoms with van der Waals surface area (Å²) in [5.41, 5.74) is 3.08. The zero-order valence-corrected chi connectivity index (χ0v) is 19.5. The van der Waals surface area contributed by atoms with Crippen molar-refractivity contribution in [3.8, 4) is 0 Å². The minimum absolute atomic E-state index is 1.31. The van der Waals surface area contributed by atoms with Crippen molar-refractivity contribution in [2.75, 3.05) is 0 Å². The Balaban J connectivity index is 3.27. The van der Waals surface area contributed by atoms with Crippen LogP contribution in [0.4, 0.5) is 0 Å². The van der Waals surface area contributed by atoms with Crippen LogP contribution in [0.3, 0.4) is 0 Å². The Morgan fingerprint density at radius 2 is 1.38 bits per heavy atom. The summed E-state index contributed by atoms with van der Waals surface area (Å²) in [6, 6.07) is 10.8. The van der Waals surface area contributed by atoms with Gasteiger partial charge >= 0.3 is 160 Å². The quantitative estimate of drug-likeness (QED) is 0.221. The average molecular weight is 454 g/mol. The topological polar surface area (TPSA) is 0 Å². The third kappa shape index (κ3) is 7.35. The fourth-order valence-electron chi connectivity index (χ4n) is 3.53. The van der Waals surface area contributed by atoms with Crippen molar-refractivity contribution in [2.45, 2.75) is 72.6 Å². The number of benzene rings is 1. The maximum atomic E-state index is 6.08. The molecule has 24 heavy (non-hydrogen) atoms. The molecule has 0 aliphatic rings. The van der Waals surface area contributed by atoms with E-state index in [9.17, 15) is 0 Å². The maximum absolute atomic E-state index is 6.08. The summed E-state index contributed by atoms with van der Waals surface area (Å²) in [5.74, 6) is 0. The van der Waals surface area contributed by atoms with E-state index < -0.39 is 18.4 Å². The van der Waals surface area contributed by atoms with Crippen LogP contribution < -0.4 is 0 Å². The van der Waals surface area contributed by atoms with E-state index in [0.29, 0.717) is 0 Å². The monoisotopic (exact) mass is 454 g/mol. The Morgan fingerprint density at radius 1 is 0.875 bits per heavy atom. The van der Waals surface area contributed by atoms with Crippen molar-refractivity contribution in [3.63, 3.8) is 0 Å². The van der Waals surface area contributed by atoms with Gasteiger partial charge < -0.3 is 0 Å². The molecule has 1 aromatic rings. The van der Waals surface area contributed by atoms with Gasteiger partial charge in [-0.3, -0.25) is 0 Å². The van der Waals surface area contributed by atoms with Crippen molar-refractivity contribution >= 4 is 36.1 Å². The first-order chi connectivity index (χ1) is 11.7. The first-order valence-electron chi connectivity index (χ1n) is 9.76. The Morgan fingerprint density at radius 3 is 1.79 bits per heavy atom. The fourth-order valence-corrected chi connectivity index (χ4v) is 20.0. The van der Waals surface area contributed by atoms with E-state index in [1.807, 2.05) is 0 Å². The van der Waals surface area contributed by atoms with Gasteiger partial charge in [0.2, 0.25) is 0 Å². The molecule has 0 nitrogen and oxygen atoms in total. The molecule has 0 fully saturated rings. The molecular weight excluding hydrogens is 418 g/mol. The van der Waals surface area contributed by atoms with Gasteiger partial charge in [0.25, 0.3) is 0 Å². The average Bonchev–Trinajstić information content (AvgIpc) is 2.62. The van der Waals surface area contributed by atoms with Crippen LogP contribution >= 0.6 is 11.6 Å². The van der Waals surface area contributed by atoms with E-state index in [0.717, 1.165) is 0 Å². The van der Waals surface area contributed by atoms with Crippen LogP contribution in [-0.4, -0.2) is 18.4 Å². The summed E-state index contributed by atoms with van der Waals surface area (Å²) < 4.78 is 6.06. The van der Waals surface area contributed by atoms with Crippen LogP contribution in [0.5, 0.6) is 0 Å². The van der Waals surface area contributed by atoms with Crippen LogP contribution in [0, 0.1) is 0 Å². The molecule has 0 radical (unpaired) electrons. The van der Waals surface area contributed by atoms with Gasteiger partial charge in [-0.05, 0) is 0 Å². The molecule has 0 heterocycles. The zero-order chi connectivity index (χ0) is 17.7. The number of hydrogen-bond donors (Lipinski definition) is 0. The van der Waals surface area contributed by atoms with Crippen molar-refractivity contribution in [1.82, 2.24) is 0 Å². The number of halogens is 1. The molecule has 1 aromatic carbocycles. The van der Waals surface area contributed by atoms with E-state index in [-0.39, 0.29) is 0 Å². The van der Waals surface area contributed by atoms with Gasteiger partial charge in [-0.15, -0.1) is 0 Å².